The number of carbonyl (C=O) groups excluding carboxylic acids is 1. The van der Waals surface area contributed by atoms with Gasteiger partial charge < -0.3 is 15.5 Å². The Hall–Kier alpha value is -3.49. The molecule has 0 aliphatic carbocycles. The van der Waals surface area contributed by atoms with E-state index in [0.29, 0.717) is 21.7 Å². The fourth-order valence-electron chi connectivity index (χ4n) is 3.70. The van der Waals surface area contributed by atoms with Crippen LogP contribution >= 0.6 is 23.4 Å². The molecule has 172 valence electrons. The van der Waals surface area contributed by atoms with Gasteiger partial charge in [0.15, 0.2) is 5.82 Å². The number of nitrogens with one attached hydrogen (secondary N) is 2. The van der Waals surface area contributed by atoms with Gasteiger partial charge in [-0.25, -0.2) is 4.68 Å². The first-order chi connectivity index (χ1) is 16.6. The number of fused-ring (bicyclic) bond motifs is 1. The number of aromatic nitrogens is 3. The van der Waals surface area contributed by atoms with E-state index < -0.39 is 5.25 Å². The lowest BCUT2D eigenvalue weighted by Gasteiger charge is -2.33. The zero-order valence-corrected chi connectivity index (χ0v) is 19.9. The van der Waals surface area contributed by atoms with Crippen LogP contribution in [0.5, 0.6) is 5.75 Å². The molecule has 34 heavy (non-hydrogen) atoms. The average molecular weight is 492 g/mol. The van der Waals surface area contributed by atoms with E-state index in [1.54, 1.807) is 16.8 Å². The molecule has 0 saturated heterocycles. The summed E-state index contributed by atoms with van der Waals surface area (Å²) in [7, 11) is 0. The monoisotopic (exact) mass is 491 g/mol. The summed E-state index contributed by atoms with van der Waals surface area (Å²) in [6.45, 7) is 2.17. The Labute approximate surface area is 206 Å². The summed E-state index contributed by atoms with van der Waals surface area (Å²) < 4.78 is 7.68. The van der Waals surface area contributed by atoms with Gasteiger partial charge in [-0.1, -0.05) is 78.0 Å². The van der Waals surface area contributed by atoms with Crippen LogP contribution in [0.2, 0.25) is 5.02 Å². The minimum absolute atomic E-state index is 0.145. The number of halogens is 1. The molecule has 0 unspecified atom stereocenters. The van der Waals surface area contributed by atoms with Crippen LogP contribution in [0.4, 0.5) is 5.69 Å². The predicted octanol–water partition coefficient (Wildman–Crippen LogP) is 5.22. The van der Waals surface area contributed by atoms with E-state index in [1.165, 1.54) is 11.8 Å². The first-order valence-corrected chi connectivity index (χ1v) is 12.0. The minimum atomic E-state index is -0.486. The Morgan fingerprint density at radius 1 is 1.09 bits per heavy atom. The largest absolute Gasteiger partial charge is 0.486 e. The predicted molar refractivity (Wildman–Crippen MR) is 134 cm³/mol. The first kappa shape index (κ1) is 22.3. The second-order valence-corrected chi connectivity index (χ2v) is 9.39. The summed E-state index contributed by atoms with van der Waals surface area (Å²) in [6, 6.07) is 24.5. The van der Waals surface area contributed by atoms with Crippen molar-refractivity contribution in [1.82, 2.24) is 14.9 Å². The molecule has 1 amide bonds. The Kier molecular flexibility index (Phi) is 6.42. The Balaban J connectivity index is 1.42. The van der Waals surface area contributed by atoms with Crippen LogP contribution in [0.3, 0.4) is 0 Å². The topological polar surface area (TPSA) is 81.1 Å². The molecule has 0 saturated carbocycles. The molecule has 0 radical (unpaired) electrons. The van der Waals surface area contributed by atoms with Crippen LogP contribution in [-0.2, 0) is 11.4 Å². The number of anilines is 1. The molecule has 1 aromatic heterocycles. The summed E-state index contributed by atoms with van der Waals surface area (Å²) in [4.78, 5) is 13.4. The van der Waals surface area contributed by atoms with E-state index in [-0.39, 0.29) is 18.6 Å². The van der Waals surface area contributed by atoms with Crippen molar-refractivity contribution in [1.29, 1.82) is 0 Å². The van der Waals surface area contributed by atoms with Crippen molar-refractivity contribution in [2.24, 2.45) is 0 Å². The van der Waals surface area contributed by atoms with Crippen LogP contribution in [0, 0.1) is 6.92 Å². The van der Waals surface area contributed by atoms with Gasteiger partial charge in [0, 0.05) is 10.7 Å². The minimum Gasteiger partial charge on any atom is -0.486 e. The number of thioether (sulfide) groups is 1. The Bertz CT molecular complexity index is 1300. The quantitative estimate of drug-likeness (QED) is 0.385. The number of aryl methyl sites for hydroxylation is 1. The highest BCUT2D eigenvalue weighted by molar-refractivity contribution is 8.00. The lowest BCUT2D eigenvalue weighted by molar-refractivity contribution is -0.116. The molecule has 7 nitrogen and oxygen atoms in total. The molecule has 2 atom stereocenters. The number of hydrogen-bond acceptors (Lipinski definition) is 6. The number of amides is 1. The van der Waals surface area contributed by atoms with E-state index in [2.05, 4.69) is 20.9 Å². The lowest BCUT2D eigenvalue weighted by atomic mass is 10.0. The molecule has 2 N–H and O–H groups in total. The molecule has 3 aromatic carbocycles. The third-order valence-electron chi connectivity index (χ3n) is 5.49. The van der Waals surface area contributed by atoms with E-state index in [9.17, 15) is 4.79 Å². The van der Waals surface area contributed by atoms with E-state index in [0.717, 1.165) is 16.9 Å². The van der Waals surface area contributed by atoms with Gasteiger partial charge in [0.25, 0.3) is 0 Å². The third kappa shape index (κ3) is 4.73. The molecule has 5 rings (SSSR count). The highest BCUT2D eigenvalue weighted by Crippen LogP contribution is 2.38. The SMILES string of the molecule is Cc1ccc(Cl)cc1NC(=O)[C@H]1Sc2nnc(COc3ccccc3)n2N[C@@H]1c1ccccc1. The van der Waals surface area contributed by atoms with E-state index in [4.69, 9.17) is 16.3 Å². The number of para-hydroxylation sites is 1. The maximum absolute atomic E-state index is 13.4. The number of ether oxygens (including phenoxy) is 1. The van der Waals surface area contributed by atoms with Gasteiger partial charge >= 0.3 is 0 Å². The molecule has 0 fully saturated rings. The highest BCUT2D eigenvalue weighted by Gasteiger charge is 2.38. The summed E-state index contributed by atoms with van der Waals surface area (Å²) in [6.07, 6.45) is 0. The van der Waals surface area contributed by atoms with Gasteiger partial charge in [-0.2, -0.15) is 0 Å². The molecule has 9 heteroatoms. The number of nitrogens with zero attached hydrogens (tertiary/aromatic N) is 3. The van der Waals surface area contributed by atoms with Gasteiger partial charge in [-0.3, -0.25) is 4.79 Å². The fraction of sp³-hybridized carbons (Fsp3) is 0.160. The smallest absolute Gasteiger partial charge is 0.240 e. The Morgan fingerprint density at radius 3 is 2.59 bits per heavy atom. The van der Waals surface area contributed by atoms with Crippen molar-refractivity contribution in [2.75, 3.05) is 10.7 Å². The van der Waals surface area contributed by atoms with Crippen LogP contribution in [0.1, 0.15) is 23.0 Å². The van der Waals surface area contributed by atoms with Crippen molar-refractivity contribution in [2.45, 2.75) is 30.0 Å². The Morgan fingerprint density at radius 2 is 1.82 bits per heavy atom. The van der Waals surface area contributed by atoms with Crippen LogP contribution in [-0.4, -0.2) is 26.0 Å². The molecule has 1 aliphatic heterocycles. The molecular weight excluding hydrogens is 470 g/mol. The maximum atomic E-state index is 13.4. The number of benzene rings is 3. The molecule has 2 heterocycles. The van der Waals surface area contributed by atoms with E-state index >= 15 is 0 Å². The summed E-state index contributed by atoms with van der Waals surface area (Å²) in [5.74, 6) is 1.22. The van der Waals surface area contributed by atoms with Gasteiger partial charge in [0.2, 0.25) is 11.1 Å². The molecule has 1 aliphatic rings. The first-order valence-electron chi connectivity index (χ1n) is 10.8. The molecule has 4 aromatic rings. The van der Waals surface area contributed by atoms with Crippen LogP contribution < -0.4 is 15.5 Å². The molecule has 0 spiro atoms. The summed E-state index contributed by atoms with van der Waals surface area (Å²) >= 11 is 7.52. The second-order valence-electron chi connectivity index (χ2n) is 7.84. The normalized spacial score (nSPS) is 16.9. The van der Waals surface area contributed by atoms with Crippen molar-refractivity contribution < 1.29 is 9.53 Å². The van der Waals surface area contributed by atoms with Crippen molar-refractivity contribution in [3.63, 3.8) is 0 Å². The summed E-state index contributed by atoms with van der Waals surface area (Å²) in [5.41, 5.74) is 6.05. The number of hydrogen-bond donors (Lipinski definition) is 2. The van der Waals surface area contributed by atoms with Crippen LogP contribution in [0.15, 0.2) is 84.0 Å². The zero-order valence-electron chi connectivity index (χ0n) is 18.3. The van der Waals surface area contributed by atoms with Gasteiger partial charge in [-0.15, -0.1) is 10.2 Å². The van der Waals surface area contributed by atoms with Gasteiger partial charge in [0.05, 0.1) is 6.04 Å². The van der Waals surface area contributed by atoms with Crippen LogP contribution in [0.25, 0.3) is 0 Å². The van der Waals surface area contributed by atoms with Gasteiger partial charge in [-0.05, 0) is 42.3 Å². The average Bonchev–Trinajstić information content (AvgIpc) is 3.27. The number of rotatable bonds is 6. The highest BCUT2D eigenvalue weighted by atomic mass is 35.5. The second kappa shape index (κ2) is 9.79. The zero-order chi connectivity index (χ0) is 23.5. The standard InChI is InChI=1S/C25H22ClN5O2S/c1-16-12-13-18(26)14-20(16)27-24(32)23-22(17-8-4-2-5-9-17)30-31-21(28-29-25(31)34-23)15-33-19-10-6-3-7-11-19/h2-14,22-23,30H,15H2,1H3,(H,27,32)/t22-,23+/m1/s1. The fourth-order valence-corrected chi connectivity index (χ4v) is 4.97. The van der Waals surface area contributed by atoms with E-state index in [1.807, 2.05) is 73.7 Å². The lowest BCUT2D eigenvalue weighted by Crippen LogP contribution is -2.41. The van der Waals surface area contributed by atoms with Crippen molar-refractivity contribution >= 4 is 35.0 Å². The maximum Gasteiger partial charge on any atom is 0.240 e. The van der Waals surface area contributed by atoms with Crippen molar-refractivity contribution in [3.8, 4) is 5.75 Å². The molecular formula is C25H22ClN5O2S. The molecule has 0 bridgehead atoms. The third-order valence-corrected chi connectivity index (χ3v) is 6.94. The van der Waals surface area contributed by atoms with Gasteiger partial charge in [0.1, 0.15) is 17.6 Å². The van der Waals surface area contributed by atoms with Crippen molar-refractivity contribution in [3.05, 3.63) is 101 Å². The number of carbonyl (C=O) groups is 1. The summed E-state index contributed by atoms with van der Waals surface area (Å²) in [5, 5.41) is 12.3.